The molecule has 0 aliphatic carbocycles. The van der Waals surface area contributed by atoms with Crippen molar-refractivity contribution in [1.29, 1.82) is 0 Å². The van der Waals surface area contributed by atoms with Crippen molar-refractivity contribution in [2.45, 2.75) is 32.2 Å². The van der Waals surface area contributed by atoms with Gasteiger partial charge in [0.15, 0.2) is 5.69 Å². The summed E-state index contributed by atoms with van der Waals surface area (Å²) in [4.78, 5) is 26.1. The van der Waals surface area contributed by atoms with Crippen LogP contribution in [0.3, 0.4) is 0 Å². The fourth-order valence-electron chi connectivity index (χ4n) is 2.81. The summed E-state index contributed by atoms with van der Waals surface area (Å²) >= 11 is 1.60. The van der Waals surface area contributed by atoms with Crippen LogP contribution < -0.4 is 10.6 Å². The largest absolute Gasteiger partial charge is 0.324 e. The van der Waals surface area contributed by atoms with Gasteiger partial charge in [-0.05, 0) is 62.4 Å². The number of aryl methyl sites for hydroxylation is 2. The van der Waals surface area contributed by atoms with E-state index in [2.05, 4.69) is 20.9 Å². The Morgan fingerprint density at radius 3 is 2.62 bits per heavy atom. The van der Waals surface area contributed by atoms with Crippen molar-refractivity contribution in [3.63, 3.8) is 0 Å². The minimum atomic E-state index is -0.351. The van der Waals surface area contributed by atoms with Crippen molar-refractivity contribution in [3.05, 3.63) is 65.0 Å². The number of hydrogen-bond donors (Lipinski definition) is 2. The topological polar surface area (TPSA) is 88.9 Å². The lowest BCUT2D eigenvalue weighted by atomic mass is 10.1. The molecule has 1 heterocycles. The highest BCUT2D eigenvalue weighted by Gasteiger charge is 2.18. The van der Waals surface area contributed by atoms with Crippen LogP contribution in [0.1, 0.15) is 27.3 Å². The molecule has 0 aliphatic rings. The molecule has 0 atom stereocenters. The number of nitrogens with zero attached hydrogens (tertiary/aromatic N) is 3. The van der Waals surface area contributed by atoms with Crippen LogP contribution in [0.15, 0.2) is 47.4 Å². The van der Waals surface area contributed by atoms with Gasteiger partial charge in [0.2, 0.25) is 5.91 Å². The number of hydrogen-bond acceptors (Lipinski definition) is 5. The molecule has 0 aliphatic heterocycles. The summed E-state index contributed by atoms with van der Waals surface area (Å²) in [5.41, 5.74) is 4.18. The standard InChI is InChI=1S/C21H23N5O2S/c1-13-8-9-14(2)18(10-13)23-21(28)20-15(3)26(25-24-20)12-19(27)22-16-6-5-7-17(11-16)29-4/h5-11H,12H2,1-4H3,(H,22,27)(H,23,28). The van der Waals surface area contributed by atoms with Crippen LogP contribution in [0.5, 0.6) is 0 Å². The highest BCUT2D eigenvalue weighted by atomic mass is 32.2. The normalized spacial score (nSPS) is 10.6. The van der Waals surface area contributed by atoms with E-state index in [4.69, 9.17) is 0 Å². The highest BCUT2D eigenvalue weighted by Crippen LogP contribution is 2.19. The van der Waals surface area contributed by atoms with Gasteiger partial charge in [0.1, 0.15) is 6.54 Å². The average Bonchev–Trinajstić information content (AvgIpc) is 3.05. The number of rotatable bonds is 6. The van der Waals surface area contributed by atoms with Gasteiger partial charge in [-0.2, -0.15) is 0 Å². The molecule has 8 heteroatoms. The first kappa shape index (κ1) is 20.6. The molecule has 1 aromatic heterocycles. The number of anilines is 2. The van der Waals surface area contributed by atoms with Gasteiger partial charge in [-0.15, -0.1) is 16.9 Å². The molecule has 3 rings (SSSR count). The van der Waals surface area contributed by atoms with Crippen molar-refractivity contribution >= 4 is 35.0 Å². The van der Waals surface area contributed by atoms with Crippen molar-refractivity contribution in [2.75, 3.05) is 16.9 Å². The Balaban J connectivity index is 1.69. The molecule has 150 valence electrons. The minimum absolute atomic E-state index is 0.0287. The van der Waals surface area contributed by atoms with E-state index in [1.54, 1.807) is 18.7 Å². The quantitative estimate of drug-likeness (QED) is 0.604. The molecule has 29 heavy (non-hydrogen) atoms. The molecule has 0 fully saturated rings. The molecule has 0 bridgehead atoms. The zero-order chi connectivity index (χ0) is 21.0. The van der Waals surface area contributed by atoms with Crippen molar-refractivity contribution in [3.8, 4) is 0 Å². The molecular weight excluding hydrogens is 386 g/mol. The number of benzene rings is 2. The lowest BCUT2D eigenvalue weighted by Crippen LogP contribution is -2.21. The third-order valence-electron chi connectivity index (χ3n) is 4.49. The monoisotopic (exact) mass is 409 g/mol. The summed E-state index contributed by atoms with van der Waals surface area (Å²) in [7, 11) is 0. The molecule has 2 amide bonds. The van der Waals surface area contributed by atoms with E-state index in [0.717, 1.165) is 21.7 Å². The van der Waals surface area contributed by atoms with E-state index in [9.17, 15) is 9.59 Å². The first-order valence-corrected chi connectivity index (χ1v) is 10.3. The minimum Gasteiger partial charge on any atom is -0.324 e. The van der Waals surface area contributed by atoms with Gasteiger partial charge in [0, 0.05) is 16.3 Å². The molecule has 7 nitrogen and oxygen atoms in total. The Bertz CT molecular complexity index is 1060. The fraction of sp³-hybridized carbons (Fsp3) is 0.238. The molecule has 3 aromatic rings. The van der Waals surface area contributed by atoms with Gasteiger partial charge in [-0.1, -0.05) is 23.4 Å². The molecule has 2 aromatic carbocycles. The van der Waals surface area contributed by atoms with Gasteiger partial charge < -0.3 is 10.6 Å². The van der Waals surface area contributed by atoms with Crippen LogP contribution in [0.25, 0.3) is 0 Å². The molecule has 0 spiro atoms. The predicted octanol–water partition coefficient (Wildman–Crippen LogP) is 3.82. The maximum absolute atomic E-state index is 12.6. The lowest BCUT2D eigenvalue weighted by Gasteiger charge is -2.09. The first-order chi connectivity index (χ1) is 13.9. The summed E-state index contributed by atoms with van der Waals surface area (Å²) in [5, 5.41) is 13.7. The second kappa shape index (κ2) is 8.91. The van der Waals surface area contributed by atoms with Crippen molar-refractivity contribution in [2.24, 2.45) is 0 Å². The van der Waals surface area contributed by atoms with E-state index < -0.39 is 0 Å². The van der Waals surface area contributed by atoms with Crippen LogP contribution in [0, 0.1) is 20.8 Å². The molecule has 2 N–H and O–H groups in total. The molecule has 0 saturated heterocycles. The Morgan fingerprint density at radius 2 is 1.86 bits per heavy atom. The van der Waals surface area contributed by atoms with E-state index in [-0.39, 0.29) is 24.1 Å². The number of nitrogens with one attached hydrogen (secondary N) is 2. The van der Waals surface area contributed by atoms with E-state index in [0.29, 0.717) is 11.4 Å². The summed E-state index contributed by atoms with van der Waals surface area (Å²) in [6.07, 6.45) is 1.98. The van der Waals surface area contributed by atoms with Crippen LogP contribution in [0.4, 0.5) is 11.4 Å². The Kier molecular flexibility index (Phi) is 6.33. The number of amides is 2. The number of aromatic nitrogens is 3. The average molecular weight is 410 g/mol. The summed E-state index contributed by atoms with van der Waals surface area (Å²) in [6, 6.07) is 13.4. The van der Waals surface area contributed by atoms with Crippen LogP contribution >= 0.6 is 11.8 Å². The molecule has 0 unspecified atom stereocenters. The smallest absolute Gasteiger partial charge is 0.278 e. The molecule has 0 saturated carbocycles. The lowest BCUT2D eigenvalue weighted by molar-refractivity contribution is -0.117. The summed E-state index contributed by atoms with van der Waals surface area (Å²) in [5.74, 6) is -0.590. The zero-order valence-electron chi connectivity index (χ0n) is 16.8. The summed E-state index contributed by atoms with van der Waals surface area (Å²) < 4.78 is 1.42. The second-order valence-corrected chi connectivity index (χ2v) is 7.61. The maximum Gasteiger partial charge on any atom is 0.278 e. The van der Waals surface area contributed by atoms with Crippen molar-refractivity contribution in [1.82, 2.24) is 15.0 Å². The van der Waals surface area contributed by atoms with Crippen LogP contribution in [0.2, 0.25) is 0 Å². The van der Waals surface area contributed by atoms with Gasteiger partial charge in [0.05, 0.1) is 5.69 Å². The van der Waals surface area contributed by atoms with Gasteiger partial charge in [0.25, 0.3) is 5.91 Å². The van der Waals surface area contributed by atoms with Gasteiger partial charge in [-0.25, -0.2) is 4.68 Å². The highest BCUT2D eigenvalue weighted by molar-refractivity contribution is 7.98. The number of carbonyl (C=O) groups excluding carboxylic acids is 2. The first-order valence-electron chi connectivity index (χ1n) is 9.10. The third kappa shape index (κ3) is 5.03. The molecular formula is C21H23N5O2S. The van der Waals surface area contributed by atoms with Crippen LogP contribution in [-0.4, -0.2) is 33.1 Å². The Labute approximate surface area is 173 Å². The van der Waals surface area contributed by atoms with Crippen molar-refractivity contribution < 1.29 is 9.59 Å². The Morgan fingerprint density at radius 1 is 1.07 bits per heavy atom. The van der Waals surface area contributed by atoms with E-state index in [1.807, 2.05) is 62.6 Å². The zero-order valence-corrected chi connectivity index (χ0v) is 17.6. The third-order valence-corrected chi connectivity index (χ3v) is 5.21. The SMILES string of the molecule is CSc1cccc(NC(=O)Cn2nnc(C(=O)Nc3cc(C)ccc3C)c2C)c1. The van der Waals surface area contributed by atoms with Crippen LogP contribution in [-0.2, 0) is 11.3 Å². The number of carbonyl (C=O) groups is 2. The van der Waals surface area contributed by atoms with E-state index >= 15 is 0 Å². The van der Waals surface area contributed by atoms with E-state index in [1.165, 1.54) is 4.68 Å². The fourth-order valence-corrected chi connectivity index (χ4v) is 3.27. The Hall–Kier alpha value is -3.13. The summed E-state index contributed by atoms with van der Waals surface area (Å²) in [6.45, 7) is 5.58. The second-order valence-electron chi connectivity index (χ2n) is 6.73. The predicted molar refractivity (Wildman–Crippen MR) is 115 cm³/mol. The number of thioether (sulfide) groups is 1. The van der Waals surface area contributed by atoms with Gasteiger partial charge >= 0.3 is 0 Å². The van der Waals surface area contributed by atoms with Gasteiger partial charge in [-0.3, -0.25) is 9.59 Å². The molecule has 0 radical (unpaired) electrons. The maximum atomic E-state index is 12.6.